The zero-order chi connectivity index (χ0) is 16.8. The van der Waals surface area contributed by atoms with Crippen LogP contribution in [0.1, 0.15) is 51.5 Å². The molecule has 0 unspecified atom stereocenters. The molecule has 0 aliphatic heterocycles. The Labute approximate surface area is 135 Å². The van der Waals surface area contributed by atoms with Crippen molar-refractivity contribution >= 4 is 11.9 Å². The van der Waals surface area contributed by atoms with Crippen molar-refractivity contribution in [3.63, 3.8) is 0 Å². The van der Waals surface area contributed by atoms with Crippen molar-refractivity contribution in [1.82, 2.24) is 4.98 Å². The average Bonchev–Trinajstić information content (AvgIpc) is 2.90. The van der Waals surface area contributed by atoms with Crippen molar-refractivity contribution in [2.24, 2.45) is 0 Å². The first-order valence-corrected chi connectivity index (χ1v) is 7.68. The molecule has 1 aromatic heterocycles. The molecule has 1 N–H and O–H groups in total. The van der Waals surface area contributed by atoms with Gasteiger partial charge in [-0.15, -0.1) is 0 Å². The van der Waals surface area contributed by atoms with E-state index < -0.39 is 11.9 Å². The molecule has 1 heterocycles. The summed E-state index contributed by atoms with van der Waals surface area (Å²) >= 11 is 0. The molecule has 122 valence electrons. The fourth-order valence-corrected chi connectivity index (χ4v) is 2.45. The van der Waals surface area contributed by atoms with Crippen LogP contribution < -0.4 is 0 Å². The highest BCUT2D eigenvalue weighted by Crippen LogP contribution is 2.21. The smallest absolute Gasteiger partial charge is 0.355 e. The average molecular weight is 315 g/mol. The molecule has 5 nitrogen and oxygen atoms in total. The summed E-state index contributed by atoms with van der Waals surface area (Å²) in [7, 11) is 0. The van der Waals surface area contributed by atoms with Gasteiger partial charge in [0, 0.05) is 0 Å². The number of benzene rings is 1. The minimum atomic E-state index is -0.468. The van der Waals surface area contributed by atoms with Gasteiger partial charge in [-0.05, 0) is 37.0 Å². The summed E-state index contributed by atoms with van der Waals surface area (Å²) in [6.45, 7) is 5.95. The maximum atomic E-state index is 12.3. The van der Waals surface area contributed by atoms with E-state index in [1.165, 1.54) is 0 Å². The predicted octanol–water partition coefficient (Wildman–Crippen LogP) is 3.42. The Morgan fingerprint density at radius 2 is 1.65 bits per heavy atom. The highest BCUT2D eigenvalue weighted by Gasteiger charge is 2.23. The van der Waals surface area contributed by atoms with Crippen LogP contribution in [0.25, 0.3) is 0 Å². The molecule has 1 aromatic carbocycles. The predicted molar refractivity (Wildman–Crippen MR) is 86.4 cm³/mol. The van der Waals surface area contributed by atoms with Crippen LogP contribution in [0.3, 0.4) is 0 Å². The fraction of sp³-hybridized carbons (Fsp3) is 0.333. The second-order valence-electron chi connectivity index (χ2n) is 5.11. The molecular formula is C18H21NO4. The molecule has 0 atom stereocenters. The van der Waals surface area contributed by atoms with Crippen molar-refractivity contribution < 1.29 is 19.1 Å². The molecule has 0 aliphatic carbocycles. The van der Waals surface area contributed by atoms with Gasteiger partial charge in [0.25, 0.3) is 0 Å². The Bertz CT molecular complexity index is 689. The largest absolute Gasteiger partial charge is 0.461 e. The molecule has 0 radical (unpaired) electrons. The number of rotatable bonds is 6. The first-order chi connectivity index (χ1) is 11.1. The number of H-pyrrole nitrogens is 1. The molecule has 2 aromatic rings. The number of nitrogens with one attached hydrogen (secondary N) is 1. The number of esters is 2. The van der Waals surface area contributed by atoms with E-state index >= 15 is 0 Å². The van der Waals surface area contributed by atoms with E-state index in [0.29, 0.717) is 17.8 Å². The summed E-state index contributed by atoms with van der Waals surface area (Å²) in [4.78, 5) is 27.2. The lowest BCUT2D eigenvalue weighted by Gasteiger charge is -2.05. The maximum absolute atomic E-state index is 12.3. The molecule has 0 amide bonds. The second kappa shape index (κ2) is 7.63. The summed E-state index contributed by atoms with van der Waals surface area (Å²) in [6.07, 6.45) is 0.623. The fourth-order valence-electron chi connectivity index (χ4n) is 2.45. The van der Waals surface area contributed by atoms with Gasteiger partial charge in [-0.3, -0.25) is 0 Å². The van der Waals surface area contributed by atoms with Crippen LogP contribution in [0.4, 0.5) is 0 Å². The van der Waals surface area contributed by atoms with Gasteiger partial charge in [-0.2, -0.15) is 0 Å². The SMILES string of the molecule is CCOC(=O)c1[nH]c(C(=O)OCc2ccccc2)c(CC)c1C. The van der Waals surface area contributed by atoms with Gasteiger partial charge >= 0.3 is 11.9 Å². The third kappa shape index (κ3) is 3.80. The van der Waals surface area contributed by atoms with Crippen molar-refractivity contribution in [3.05, 3.63) is 58.4 Å². The van der Waals surface area contributed by atoms with E-state index in [0.717, 1.165) is 16.7 Å². The molecule has 5 heteroatoms. The molecule has 0 spiro atoms. The Kier molecular flexibility index (Phi) is 5.57. The van der Waals surface area contributed by atoms with E-state index in [2.05, 4.69) is 4.98 Å². The Morgan fingerprint density at radius 1 is 1.00 bits per heavy atom. The number of carbonyl (C=O) groups excluding carboxylic acids is 2. The molecule has 0 saturated heterocycles. The maximum Gasteiger partial charge on any atom is 0.355 e. The second-order valence-corrected chi connectivity index (χ2v) is 5.11. The van der Waals surface area contributed by atoms with E-state index in [9.17, 15) is 9.59 Å². The van der Waals surface area contributed by atoms with Crippen molar-refractivity contribution in [3.8, 4) is 0 Å². The highest BCUT2D eigenvalue weighted by atomic mass is 16.5. The van der Waals surface area contributed by atoms with Crippen LogP contribution >= 0.6 is 0 Å². The van der Waals surface area contributed by atoms with Gasteiger partial charge < -0.3 is 14.5 Å². The zero-order valence-corrected chi connectivity index (χ0v) is 13.6. The van der Waals surface area contributed by atoms with Gasteiger partial charge in [0.1, 0.15) is 18.0 Å². The first-order valence-electron chi connectivity index (χ1n) is 7.68. The molecular weight excluding hydrogens is 294 g/mol. The van der Waals surface area contributed by atoms with E-state index in [-0.39, 0.29) is 13.2 Å². The lowest BCUT2D eigenvalue weighted by Crippen LogP contribution is -2.09. The molecule has 0 fully saturated rings. The molecule has 2 rings (SSSR count). The van der Waals surface area contributed by atoms with Crippen LogP contribution in [-0.2, 0) is 22.5 Å². The number of ether oxygens (including phenoxy) is 2. The quantitative estimate of drug-likeness (QED) is 0.829. The van der Waals surface area contributed by atoms with Crippen molar-refractivity contribution in [2.75, 3.05) is 6.61 Å². The van der Waals surface area contributed by atoms with Crippen LogP contribution in [-0.4, -0.2) is 23.5 Å². The minimum Gasteiger partial charge on any atom is -0.461 e. The summed E-state index contributed by atoms with van der Waals surface area (Å²) in [5, 5.41) is 0. The number of aromatic amines is 1. The monoisotopic (exact) mass is 315 g/mol. The van der Waals surface area contributed by atoms with Crippen molar-refractivity contribution in [1.29, 1.82) is 0 Å². The van der Waals surface area contributed by atoms with Crippen LogP contribution in [0.15, 0.2) is 30.3 Å². The van der Waals surface area contributed by atoms with Crippen LogP contribution in [0.2, 0.25) is 0 Å². The van der Waals surface area contributed by atoms with Gasteiger partial charge in [0.2, 0.25) is 0 Å². The molecule has 0 aliphatic rings. The third-order valence-corrected chi connectivity index (χ3v) is 3.63. The van der Waals surface area contributed by atoms with Crippen molar-refractivity contribution in [2.45, 2.75) is 33.8 Å². The lowest BCUT2D eigenvalue weighted by molar-refractivity contribution is 0.0465. The topological polar surface area (TPSA) is 68.4 Å². The number of carbonyl (C=O) groups is 2. The Morgan fingerprint density at radius 3 is 2.26 bits per heavy atom. The summed E-state index contributed by atoms with van der Waals surface area (Å²) < 4.78 is 10.4. The molecule has 0 bridgehead atoms. The Hall–Kier alpha value is -2.56. The van der Waals surface area contributed by atoms with E-state index in [4.69, 9.17) is 9.47 Å². The van der Waals surface area contributed by atoms with Crippen LogP contribution in [0.5, 0.6) is 0 Å². The zero-order valence-electron chi connectivity index (χ0n) is 13.6. The minimum absolute atomic E-state index is 0.190. The summed E-state index contributed by atoms with van der Waals surface area (Å²) in [5.41, 5.74) is 3.07. The first kappa shape index (κ1) is 16.8. The van der Waals surface area contributed by atoms with Gasteiger partial charge in [-0.1, -0.05) is 37.3 Å². The van der Waals surface area contributed by atoms with Gasteiger partial charge in [0.05, 0.1) is 6.61 Å². The number of hydrogen-bond donors (Lipinski definition) is 1. The number of hydrogen-bond acceptors (Lipinski definition) is 4. The van der Waals surface area contributed by atoms with Crippen LogP contribution in [0, 0.1) is 6.92 Å². The third-order valence-electron chi connectivity index (χ3n) is 3.63. The molecule has 23 heavy (non-hydrogen) atoms. The standard InChI is InChI=1S/C18H21NO4/c1-4-14-12(3)15(17(20)22-5-2)19-16(14)18(21)23-11-13-9-7-6-8-10-13/h6-10,19H,4-5,11H2,1-3H3. The summed E-state index contributed by atoms with van der Waals surface area (Å²) in [5.74, 6) is -0.925. The summed E-state index contributed by atoms with van der Waals surface area (Å²) in [6, 6.07) is 9.45. The van der Waals surface area contributed by atoms with E-state index in [1.807, 2.05) is 37.3 Å². The normalized spacial score (nSPS) is 10.4. The van der Waals surface area contributed by atoms with Gasteiger partial charge in [0.15, 0.2) is 0 Å². The van der Waals surface area contributed by atoms with Gasteiger partial charge in [-0.25, -0.2) is 9.59 Å². The highest BCUT2D eigenvalue weighted by molar-refractivity contribution is 5.96. The Balaban J connectivity index is 2.19. The van der Waals surface area contributed by atoms with E-state index in [1.54, 1.807) is 13.8 Å². The number of aromatic nitrogens is 1. The molecule has 0 saturated carbocycles. The lowest BCUT2D eigenvalue weighted by atomic mass is 10.1.